The van der Waals surface area contributed by atoms with Crippen molar-refractivity contribution in [2.75, 3.05) is 26.8 Å². The predicted molar refractivity (Wildman–Crippen MR) is 75.1 cm³/mol. The van der Waals surface area contributed by atoms with Gasteiger partial charge in [-0.25, -0.2) is 9.18 Å². The number of likely N-dealkylation sites (tertiary alicyclic amines) is 1. The van der Waals surface area contributed by atoms with Crippen LogP contribution in [0.15, 0.2) is 24.3 Å². The summed E-state index contributed by atoms with van der Waals surface area (Å²) in [6.07, 6.45) is 2.67. The van der Waals surface area contributed by atoms with Crippen LogP contribution in [-0.2, 0) is 11.2 Å². The Hall–Kier alpha value is -1.62. The molecular formula is C15H21FN2O2. The second-order valence-corrected chi connectivity index (χ2v) is 5.05. The van der Waals surface area contributed by atoms with Gasteiger partial charge in [0.05, 0.1) is 6.61 Å². The van der Waals surface area contributed by atoms with Crippen LogP contribution in [-0.4, -0.2) is 43.8 Å². The summed E-state index contributed by atoms with van der Waals surface area (Å²) < 4.78 is 18.1. The molecule has 0 saturated carbocycles. The van der Waals surface area contributed by atoms with Crippen molar-refractivity contribution in [1.82, 2.24) is 10.2 Å². The molecule has 0 radical (unpaired) electrons. The third-order valence-corrected chi connectivity index (χ3v) is 3.58. The molecule has 1 N–H and O–H groups in total. The molecule has 1 fully saturated rings. The van der Waals surface area contributed by atoms with Gasteiger partial charge in [0.2, 0.25) is 0 Å². The zero-order valence-corrected chi connectivity index (χ0v) is 11.8. The zero-order chi connectivity index (χ0) is 14.4. The van der Waals surface area contributed by atoms with Crippen molar-refractivity contribution in [2.45, 2.75) is 25.3 Å². The number of rotatable bonds is 5. The minimum absolute atomic E-state index is 0.0547. The maximum atomic E-state index is 13.2. The van der Waals surface area contributed by atoms with Gasteiger partial charge in [0, 0.05) is 26.2 Å². The van der Waals surface area contributed by atoms with E-state index in [1.165, 1.54) is 6.07 Å². The summed E-state index contributed by atoms with van der Waals surface area (Å²) in [6, 6.07) is 6.69. The Labute approximate surface area is 118 Å². The monoisotopic (exact) mass is 280 g/mol. The molecule has 1 aromatic rings. The first kappa shape index (κ1) is 14.8. The predicted octanol–water partition coefficient (Wildman–Crippen LogP) is 2.19. The van der Waals surface area contributed by atoms with Crippen LogP contribution in [0.3, 0.4) is 0 Å². The molecule has 1 aliphatic rings. The van der Waals surface area contributed by atoms with Crippen LogP contribution in [0.5, 0.6) is 0 Å². The normalized spacial score (nSPS) is 18.3. The number of amides is 2. The van der Waals surface area contributed by atoms with Crippen molar-refractivity contribution < 1.29 is 13.9 Å². The number of nitrogens with one attached hydrogen (secondary N) is 1. The molecule has 1 heterocycles. The number of benzene rings is 1. The van der Waals surface area contributed by atoms with Crippen LogP contribution >= 0.6 is 0 Å². The minimum atomic E-state index is -0.225. The molecule has 2 rings (SSSR count). The molecule has 1 saturated heterocycles. The van der Waals surface area contributed by atoms with E-state index >= 15 is 0 Å². The molecule has 1 aromatic carbocycles. The molecule has 110 valence electrons. The summed E-state index contributed by atoms with van der Waals surface area (Å²) in [4.78, 5) is 13.9. The molecular weight excluding hydrogens is 259 g/mol. The van der Waals surface area contributed by atoms with Crippen molar-refractivity contribution >= 4 is 6.03 Å². The Kier molecular flexibility index (Phi) is 5.35. The summed E-state index contributed by atoms with van der Waals surface area (Å²) in [5.41, 5.74) is 0.937. The lowest BCUT2D eigenvalue weighted by atomic mass is 10.0. The molecule has 0 bridgehead atoms. The second-order valence-electron chi connectivity index (χ2n) is 5.05. The molecule has 1 atom stereocenters. The standard InChI is InChI=1S/C15H21FN2O2/c1-20-9-7-17-15(19)18-8-3-6-14(18)11-12-4-2-5-13(16)10-12/h2,4-5,10,14H,3,6-9,11H2,1H3,(H,17,19). The Morgan fingerprint density at radius 2 is 2.40 bits per heavy atom. The summed E-state index contributed by atoms with van der Waals surface area (Å²) in [5.74, 6) is -0.225. The van der Waals surface area contributed by atoms with Crippen molar-refractivity contribution in [3.8, 4) is 0 Å². The Morgan fingerprint density at radius 3 is 3.15 bits per heavy atom. The highest BCUT2D eigenvalue weighted by Crippen LogP contribution is 2.21. The van der Waals surface area contributed by atoms with Crippen molar-refractivity contribution in [1.29, 1.82) is 0 Å². The summed E-state index contributed by atoms with van der Waals surface area (Å²) in [7, 11) is 1.61. The number of hydrogen-bond acceptors (Lipinski definition) is 2. The summed E-state index contributed by atoms with van der Waals surface area (Å²) in [6.45, 7) is 1.78. The molecule has 0 aliphatic carbocycles. The van der Waals surface area contributed by atoms with Gasteiger partial charge in [0.1, 0.15) is 5.82 Å². The molecule has 1 unspecified atom stereocenters. The van der Waals surface area contributed by atoms with Gasteiger partial charge < -0.3 is 15.0 Å². The first-order valence-electron chi connectivity index (χ1n) is 6.98. The van der Waals surface area contributed by atoms with Crippen molar-refractivity contribution in [2.24, 2.45) is 0 Å². The van der Waals surface area contributed by atoms with Gasteiger partial charge in [-0.05, 0) is 37.0 Å². The number of carbonyl (C=O) groups is 1. The lowest BCUT2D eigenvalue weighted by Crippen LogP contribution is -2.44. The number of halogens is 1. The number of ether oxygens (including phenoxy) is 1. The van der Waals surface area contributed by atoms with Gasteiger partial charge in [-0.1, -0.05) is 12.1 Å². The maximum absolute atomic E-state index is 13.2. The van der Waals surface area contributed by atoms with E-state index in [9.17, 15) is 9.18 Å². The fraction of sp³-hybridized carbons (Fsp3) is 0.533. The smallest absolute Gasteiger partial charge is 0.317 e. The van der Waals surface area contributed by atoms with Crippen LogP contribution in [0.25, 0.3) is 0 Å². The Morgan fingerprint density at radius 1 is 1.55 bits per heavy atom. The Balaban J connectivity index is 1.91. The topological polar surface area (TPSA) is 41.6 Å². The lowest BCUT2D eigenvalue weighted by Gasteiger charge is -2.25. The van der Waals surface area contributed by atoms with Crippen LogP contribution in [0, 0.1) is 5.82 Å². The molecule has 20 heavy (non-hydrogen) atoms. The van der Waals surface area contributed by atoms with Crippen LogP contribution < -0.4 is 5.32 Å². The fourth-order valence-electron chi connectivity index (χ4n) is 2.61. The zero-order valence-electron chi connectivity index (χ0n) is 11.8. The molecule has 5 heteroatoms. The van der Waals surface area contributed by atoms with Crippen LogP contribution in [0.1, 0.15) is 18.4 Å². The molecule has 1 aliphatic heterocycles. The first-order valence-corrected chi connectivity index (χ1v) is 6.98. The van der Waals surface area contributed by atoms with Gasteiger partial charge in [-0.3, -0.25) is 0 Å². The van der Waals surface area contributed by atoms with Gasteiger partial charge in [0.15, 0.2) is 0 Å². The van der Waals surface area contributed by atoms with E-state index in [1.807, 2.05) is 11.0 Å². The average Bonchev–Trinajstić information content (AvgIpc) is 2.87. The number of methoxy groups -OCH3 is 1. The maximum Gasteiger partial charge on any atom is 0.317 e. The second kappa shape index (κ2) is 7.24. The van der Waals surface area contributed by atoms with Gasteiger partial charge in [0.25, 0.3) is 0 Å². The third-order valence-electron chi connectivity index (χ3n) is 3.58. The van der Waals surface area contributed by atoms with E-state index < -0.39 is 0 Å². The Bertz CT molecular complexity index is 453. The quantitative estimate of drug-likeness (QED) is 0.840. The molecule has 0 aromatic heterocycles. The average molecular weight is 280 g/mol. The highest BCUT2D eigenvalue weighted by atomic mass is 19.1. The summed E-state index contributed by atoms with van der Waals surface area (Å²) in [5, 5.41) is 2.84. The van der Waals surface area contributed by atoms with E-state index in [0.29, 0.717) is 19.6 Å². The molecule has 4 nitrogen and oxygen atoms in total. The highest BCUT2D eigenvalue weighted by molar-refractivity contribution is 5.74. The summed E-state index contributed by atoms with van der Waals surface area (Å²) >= 11 is 0. The van der Waals surface area contributed by atoms with Crippen molar-refractivity contribution in [3.63, 3.8) is 0 Å². The van der Waals surface area contributed by atoms with Gasteiger partial charge in [-0.15, -0.1) is 0 Å². The lowest BCUT2D eigenvalue weighted by molar-refractivity contribution is 0.176. The minimum Gasteiger partial charge on any atom is -0.383 e. The number of urea groups is 1. The number of nitrogens with zero attached hydrogens (tertiary/aromatic N) is 1. The van der Waals surface area contributed by atoms with Gasteiger partial charge >= 0.3 is 6.03 Å². The van der Waals surface area contributed by atoms with Crippen LogP contribution in [0.4, 0.5) is 9.18 Å². The van der Waals surface area contributed by atoms with E-state index in [1.54, 1.807) is 19.2 Å². The third kappa shape index (κ3) is 3.93. The van der Waals surface area contributed by atoms with E-state index in [4.69, 9.17) is 4.74 Å². The van der Waals surface area contributed by atoms with E-state index in [-0.39, 0.29) is 17.9 Å². The van der Waals surface area contributed by atoms with Crippen molar-refractivity contribution in [3.05, 3.63) is 35.6 Å². The number of hydrogen-bond donors (Lipinski definition) is 1. The molecule has 2 amide bonds. The number of carbonyl (C=O) groups excluding carboxylic acids is 1. The van der Waals surface area contributed by atoms with E-state index in [0.717, 1.165) is 24.9 Å². The van der Waals surface area contributed by atoms with E-state index in [2.05, 4.69) is 5.32 Å². The van der Waals surface area contributed by atoms with Gasteiger partial charge in [-0.2, -0.15) is 0 Å². The molecule has 0 spiro atoms. The largest absolute Gasteiger partial charge is 0.383 e. The highest BCUT2D eigenvalue weighted by Gasteiger charge is 2.28. The first-order chi connectivity index (χ1) is 9.70. The SMILES string of the molecule is COCCNC(=O)N1CCCC1Cc1cccc(F)c1. The fourth-order valence-corrected chi connectivity index (χ4v) is 2.61. The van der Waals surface area contributed by atoms with Crippen LogP contribution in [0.2, 0.25) is 0 Å².